The molecule has 27 heavy (non-hydrogen) atoms. The van der Waals surface area contributed by atoms with Gasteiger partial charge in [0.2, 0.25) is 0 Å². The molecule has 0 amide bonds. The fraction of sp³-hybridized carbons (Fsp3) is 0.478. The largest absolute Gasteiger partial charge is 0.329 e. The number of benzene rings is 2. The maximum absolute atomic E-state index is 11.1. The maximum atomic E-state index is 11.1. The molecule has 0 unspecified atom stereocenters. The van der Waals surface area contributed by atoms with E-state index in [0.29, 0.717) is 5.56 Å². The summed E-state index contributed by atoms with van der Waals surface area (Å²) in [6.45, 7) is 2.26. The van der Waals surface area contributed by atoms with Crippen molar-refractivity contribution in [1.29, 1.82) is 0 Å². The third-order valence-corrected chi connectivity index (χ3v) is 5.63. The second kappa shape index (κ2) is 11.4. The molecular weight excluding hydrogens is 355 g/mol. The lowest BCUT2D eigenvalue weighted by molar-refractivity contribution is 0.372. The summed E-state index contributed by atoms with van der Waals surface area (Å²) in [6.07, 6.45) is 16.1. The Balaban J connectivity index is 1.77. The summed E-state index contributed by atoms with van der Waals surface area (Å²) in [5, 5.41) is 2.11. The summed E-state index contributed by atoms with van der Waals surface area (Å²) < 4.78 is 11.1. The molecule has 2 aromatic carbocycles. The van der Waals surface area contributed by atoms with E-state index >= 15 is 0 Å². The summed E-state index contributed by atoms with van der Waals surface area (Å²) in [5.41, 5.74) is 1.85. The van der Waals surface area contributed by atoms with Crippen LogP contribution in [0.15, 0.2) is 42.5 Å². The van der Waals surface area contributed by atoms with Gasteiger partial charge in [0.25, 0.3) is 0 Å². The first kappa shape index (κ1) is 21.9. The second-order valence-corrected chi connectivity index (χ2v) is 9.08. The predicted molar refractivity (Wildman–Crippen MR) is 116 cm³/mol. The molecule has 2 aromatic rings. The number of hydrogen-bond donors (Lipinski definition) is 2. The molecule has 0 spiro atoms. The number of allylic oxidation sites excluding steroid dienone is 1. The van der Waals surface area contributed by atoms with Gasteiger partial charge < -0.3 is 9.79 Å². The summed E-state index contributed by atoms with van der Waals surface area (Å²) in [4.78, 5) is 18.2. The van der Waals surface area contributed by atoms with E-state index in [-0.39, 0.29) is 6.16 Å². The van der Waals surface area contributed by atoms with Gasteiger partial charge >= 0.3 is 7.60 Å². The van der Waals surface area contributed by atoms with Crippen molar-refractivity contribution >= 4 is 24.4 Å². The fourth-order valence-electron chi connectivity index (χ4n) is 3.37. The first-order valence-electron chi connectivity index (χ1n) is 10.2. The Morgan fingerprint density at radius 1 is 0.852 bits per heavy atom. The van der Waals surface area contributed by atoms with Crippen LogP contribution in [0.4, 0.5) is 0 Å². The molecule has 3 nitrogen and oxygen atoms in total. The predicted octanol–water partition coefficient (Wildman–Crippen LogP) is 7.06. The van der Waals surface area contributed by atoms with Crippen LogP contribution in [-0.4, -0.2) is 9.79 Å². The van der Waals surface area contributed by atoms with Gasteiger partial charge in [-0.05, 0) is 40.8 Å². The molecule has 2 N–H and O–H groups in total. The molecular formula is C23H33O3P. The molecule has 0 saturated carbocycles. The Morgan fingerprint density at radius 3 is 2.19 bits per heavy atom. The van der Waals surface area contributed by atoms with E-state index in [2.05, 4.69) is 31.2 Å². The van der Waals surface area contributed by atoms with E-state index in [4.69, 9.17) is 9.79 Å². The average molecular weight is 388 g/mol. The summed E-state index contributed by atoms with van der Waals surface area (Å²) in [6, 6.07) is 11.8. The Kier molecular flexibility index (Phi) is 9.27. The van der Waals surface area contributed by atoms with Gasteiger partial charge in [-0.15, -0.1) is 0 Å². The Hall–Kier alpha value is -1.41. The highest BCUT2D eigenvalue weighted by molar-refractivity contribution is 7.50. The highest BCUT2D eigenvalue weighted by Gasteiger charge is 2.13. The molecule has 0 fully saturated rings. The minimum atomic E-state index is -4.02. The molecule has 0 aliphatic carbocycles. The third kappa shape index (κ3) is 8.88. The molecule has 0 bridgehead atoms. The minimum absolute atomic E-state index is 0.205. The average Bonchev–Trinajstić information content (AvgIpc) is 2.62. The van der Waals surface area contributed by atoms with Crippen molar-refractivity contribution in [2.24, 2.45) is 0 Å². The van der Waals surface area contributed by atoms with Gasteiger partial charge in [0.15, 0.2) is 0 Å². The molecule has 0 atom stereocenters. The topological polar surface area (TPSA) is 57.5 Å². The lowest BCUT2D eigenvalue weighted by atomic mass is 10.0. The van der Waals surface area contributed by atoms with E-state index in [9.17, 15) is 4.57 Å². The summed E-state index contributed by atoms with van der Waals surface area (Å²) in [5.74, 6) is 0. The van der Waals surface area contributed by atoms with Crippen LogP contribution in [-0.2, 0) is 10.7 Å². The molecule has 0 saturated heterocycles. The van der Waals surface area contributed by atoms with Crippen LogP contribution in [0, 0.1) is 0 Å². The highest BCUT2D eigenvalue weighted by atomic mass is 31.2. The maximum Gasteiger partial charge on any atom is 0.329 e. The zero-order valence-corrected chi connectivity index (χ0v) is 17.3. The molecule has 148 valence electrons. The van der Waals surface area contributed by atoms with E-state index < -0.39 is 7.60 Å². The Bertz CT molecular complexity index is 776. The van der Waals surface area contributed by atoms with Crippen LogP contribution < -0.4 is 0 Å². The minimum Gasteiger partial charge on any atom is -0.324 e. The van der Waals surface area contributed by atoms with Crippen molar-refractivity contribution in [2.75, 3.05) is 0 Å². The van der Waals surface area contributed by atoms with Crippen LogP contribution in [0.25, 0.3) is 16.8 Å². The van der Waals surface area contributed by atoms with Crippen molar-refractivity contribution < 1.29 is 14.4 Å². The molecule has 2 rings (SSSR count). The number of hydrogen-bond acceptors (Lipinski definition) is 1. The molecule has 0 aliphatic heterocycles. The Morgan fingerprint density at radius 2 is 1.48 bits per heavy atom. The van der Waals surface area contributed by atoms with Crippen LogP contribution in [0.1, 0.15) is 75.8 Å². The molecule has 0 radical (unpaired) electrons. The molecule has 4 heteroatoms. The van der Waals surface area contributed by atoms with E-state index in [1.807, 2.05) is 18.2 Å². The first-order chi connectivity index (χ1) is 13.0. The van der Waals surface area contributed by atoms with Gasteiger partial charge in [0.05, 0.1) is 6.16 Å². The quantitative estimate of drug-likeness (QED) is 0.302. The first-order valence-corrected chi connectivity index (χ1v) is 12.0. The lowest BCUT2D eigenvalue weighted by Gasteiger charge is -2.06. The van der Waals surface area contributed by atoms with Gasteiger partial charge in [-0.25, -0.2) is 0 Å². The number of fused-ring (bicyclic) bond motifs is 1. The van der Waals surface area contributed by atoms with Crippen LogP contribution in [0.5, 0.6) is 0 Å². The van der Waals surface area contributed by atoms with Crippen LogP contribution >= 0.6 is 7.60 Å². The monoisotopic (exact) mass is 388 g/mol. The normalized spacial score (nSPS) is 12.3. The lowest BCUT2D eigenvalue weighted by Crippen LogP contribution is -1.87. The van der Waals surface area contributed by atoms with Crippen LogP contribution in [0.3, 0.4) is 0 Å². The van der Waals surface area contributed by atoms with Gasteiger partial charge in [-0.2, -0.15) is 0 Å². The van der Waals surface area contributed by atoms with Crippen molar-refractivity contribution in [3.8, 4) is 0 Å². The van der Waals surface area contributed by atoms with Gasteiger partial charge in [0, 0.05) is 0 Å². The zero-order chi connectivity index (χ0) is 19.5. The molecule has 0 aromatic heterocycles. The highest BCUT2D eigenvalue weighted by Crippen LogP contribution is 2.39. The third-order valence-electron chi connectivity index (χ3n) is 4.85. The van der Waals surface area contributed by atoms with Gasteiger partial charge in [-0.3, -0.25) is 4.57 Å². The number of unbranched alkanes of at least 4 members (excludes halogenated alkanes) is 8. The van der Waals surface area contributed by atoms with E-state index in [1.54, 1.807) is 6.07 Å². The fourth-order valence-corrected chi connectivity index (χ4v) is 4.04. The van der Waals surface area contributed by atoms with Crippen molar-refractivity contribution in [2.45, 2.75) is 70.9 Å². The standard InChI is InChI=1S/C23H33O3P/c1-2-3-4-5-6-7-8-9-10-11-12-20-13-15-23-18-21(19-27(24,25)26)14-16-22(23)17-20/h11-18H,2-10,19H2,1H3,(H2,24,25,26). The van der Waals surface area contributed by atoms with Gasteiger partial charge in [-0.1, -0.05) is 94.4 Å². The van der Waals surface area contributed by atoms with Crippen molar-refractivity contribution in [1.82, 2.24) is 0 Å². The Labute approximate surface area is 163 Å². The van der Waals surface area contributed by atoms with Crippen molar-refractivity contribution in [3.05, 3.63) is 53.6 Å². The zero-order valence-electron chi connectivity index (χ0n) is 16.4. The molecule has 0 heterocycles. The second-order valence-electron chi connectivity index (χ2n) is 7.43. The molecule has 0 aliphatic rings. The van der Waals surface area contributed by atoms with E-state index in [0.717, 1.165) is 17.2 Å². The van der Waals surface area contributed by atoms with Crippen molar-refractivity contribution in [3.63, 3.8) is 0 Å². The van der Waals surface area contributed by atoms with Crippen LogP contribution in [0.2, 0.25) is 0 Å². The number of rotatable bonds is 12. The smallest absolute Gasteiger partial charge is 0.324 e. The van der Waals surface area contributed by atoms with E-state index in [1.165, 1.54) is 56.9 Å². The summed E-state index contributed by atoms with van der Waals surface area (Å²) in [7, 11) is -4.02. The SMILES string of the molecule is CCCCCCCCCCC=Cc1ccc2cc(CP(=O)(O)O)ccc2c1. The van der Waals surface area contributed by atoms with Gasteiger partial charge in [0.1, 0.15) is 0 Å². The summed E-state index contributed by atoms with van der Waals surface area (Å²) >= 11 is 0.